The maximum absolute atomic E-state index is 9.77. The Morgan fingerprint density at radius 3 is 2.50 bits per heavy atom. The summed E-state index contributed by atoms with van der Waals surface area (Å²) in [6.07, 6.45) is 0.142. The average molecular weight is 301 g/mol. The van der Waals surface area contributed by atoms with E-state index in [1.807, 2.05) is 32.0 Å². The molecule has 0 saturated carbocycles. The highest BCUT2D eigenvalue weighted by molar-refractivity contribution is 5.85. The summed E-state index contributed by atoms with van der Waals surface area (Å²) < 4.78 is 5.87. The molecule has 1 atom stereocenters. The molecule has 1 heterocycles. The first-order chi connectivity index (χ1) is 9.22. The second-order valence-electron chi connectivity index (χ2n) is 5.19. The van der Waals surface area contributed by atoms with Crippen molar-refractivity contribution in [2.24, 2.45) is 0 Å². The number of rotatable bonds is 5. The van der Waals surface area contributed by atoms with Crippen LogP contribution in [0.5, 0.6) is 5.75 Å². The highest BCUT2D eigenvalue weighted by Crippen LogP contribution is 2.30. The molecule has 114 valence electrons. The summed E-state index contributed by atoms with van der Waals surface area (Å²) in [7, 11) is 0. The molecule has 0 spiro atoms. The van der Waals surface area contributed by atoms with Gasteiger partial charge in [-0.3, -0.25) is 4.90 Å². The third-order valence-corrected chi connectivity index (χ3v) is 3.41. The number of halogens is 1. The summed E-state index contributed by atoms with van der Waals surface area (Å²) in [4.78, 5) is 2.32. The summed E-state index contributed by atoms with van der Waals surface area (Å²) in [5.74, 6) is 0.884. The molecule has 2 rings (SSSR count). The van der Waals surface area contributed by atoms with Gasteiger partial charge in [-0.25, -0.2) is 0 Å². The smallest absolute Gasteiger partial charge is 0.124 e. The Bertz CT molecular complexity index is 395. The van der Waals surface area contributed by atoms with Gasteiger partial charge in [0.05, 0.1) is 18.8 Å². The first kappa shape index (κ1) is 17.2. The zero-order valence-electron chi connectivity index (χ0n) is 12.2. The fourth-order valence-electron chi connectivity index (χ4n) is 2.52. The van der Waals surface area contributed by atoms with Gasteiger partial charge in [-0.1, -0.05) is 18.2 Å². The van der Waals surface area contributed by atoms with E-state index < -0.39 is 0 Å². The number of hydrogen-bond donors (Lipinski definition) is 2. The quantitative estimate of drug-likeness (QED) is 0.871. The van der Waals surface area contributed by atoms with Crippen LogP contribution in [0.4, 0.5) is 0 Å². The minimum Gasteiger partial charge on any atom is -0.491 e. The molecule has 1 aromatic rings. The molecule has 4 nitrogen and oxygen atoms in total. The van der Waals surface area contributed by atoms with Gasteiger partial charge in [0, 0.05) is 31.7 Å². The normalized spacial score (nSPS) is 17.6. The first-order valence-electron chi connectivity index (χ1n) is 7.03. The van der Waals surface area contributed by atoms with E-state index in [1.165, 1.54) is 0 Å². The topological polar surface area (TPSA) is 44.7 Å². The van der Waals surface area contributed by atoms with E-state index in [1.54, 1.807) is 0 Å². The fourth-order valence-corrected chi connectivity index (χ4v) is 2.52. The van der Waals surface area contributed by atoms with Crippen molar-refractivity contribution < 1.29 is 9.84 Å². The molecule has 1 aliphatic rings. The van der Waals surface area contributed by atoms with Crippen molar-refractivity contribution in [1.29, 1.82) is 0 Å². The van der Waals surface area contributed by atoms with Gasteiger partial charge < -0.3 is 15.2 Å². The van der Waals surface area contributed by atoms with Crippen molar-refractivity contribution in [3.05, 3.63) is 29.8 Å². The highest BCUT2D eigenvalue weighted by atomic mass is 35.5. The van der Waals surface area contributed by atoms with Crippen molar-refractivity contribution in [3.63, 3.8) is 0 Å². The zero-order valence-corrected chi connectivity index (χ0v) is 13.0. The number of aliphatic hydroxyl groups excluding tert-OH is 1. The Labute approximate surface area is 127 Å². The Morgan fingerprint density at radius 1 is 1.25 bits per heavy atom. The molecule has 1 fully saturated rings. The molecule has 5 heteroatoms. The second-order valence-corrected chi connectivity index (χ2v) is 5.19. The lowest BCUT2D eigenvalue weighted by Gasteiger charge is -2.35. The lowest BCUT2D eigenvalue weighted by atomic mass is 10.0. The summed E-state index contributed by atoms with van der Waals surface area (Å²) in [6, 6.07) is 8.05. The SMILES string of the molecule is CC(C)Oc1ccccc1[C@@H](CO)N1CCNCC1.Cl. The van der Waals surface area contributed by atoms with E-state index >= 15 is 0 Å². The van der Waals surface area contributed by atoms with Crippen LogP contribution >= 0.6 is 12.4 Å². The summed E-state index contributed by atoms with van der Waals surface area (Å²) in [5.41, 5.74) is 1.08. The molecule has 2 N–H and O–H groups in total. The van der Waals surface area contributed by atoms with Gasteiger partial charge in [0.15, 0.2) is 0 Å². The molecule has 0 radical (unpaired) electrons. The van der Waals surface area contributed by atoms with E-state index in [9.17, 15) is 5.11 Å². The van der Waals surface area contributed by atoms with Crippen molar-refractivity contribution in [1.82, 2.24) is 10.2 Å². The summed E-state index contributed by atoms with van der Waals surface area (Å²) in [6.45, 7) is 8.04. The molecule has 1 aliphatic heterocycles. The minimum absolute atomic E-state index is 0. The number of para-hydroxylation sites is 1. The standard InChI is InChI=1S/C15H24N2O2.ClH/c1-12(2)19-15-6-4-3-5-13(15)14(11-18)17-9-7-16-8-10-17;/h3-6,12,14,16,18H,7-11H2,1-2H3;1H/t14-;/m1./s1. The molecule has 0 aliphatic carbocycles. The number of hydrogen-bond acceptors (Lipinski definition) is 4. The number of ether oxygens (including phenoxy) is 1. The van der Waals surface area contributed by atoms with Gasteiger partial charge in [0.25, 0.3) is 0 Å². The molecule has 0 unspecified atom stereocenters. The molecular weight excluding hydrogens is 276 g/mol. The van der Waals surface area contributed by atoms with Crippen LogP contribution in [0.1, 0.15) is 25.5 Å². The van der Waals surface area contributed by atoms with Crippen LogP contribution in [0, 0.1) is 0 Å². The predicted molar refractivity (Wildman–Crippen MR) is 83.7 cm³/mol. The van der Waals surface area contributed by atoms with E-state index in [4.69, 9.17) is 4.74 Å². The van der Waals surface area contributed by atoms with Gasteiger partial charge in [-0.05, 0) is 19.9 Å². The van der Waals surface area contributed by atoms with E-state index in [0.29, 0.717) is 0 Å². The number of benzene rings is 1. The van der Waals surface area contributed by atoms with Gasteiger partial charge in [-0.15, -0.1) is 12.4 Å². The van der Waals surface area contributed by atoms with Crippen molar-refractivity contribution >= 4 is 12.4 Å². The van der Waals surface area contributed by atoms with Crippen LogP contribution < -0.4 is 10.1 Å². The van der Waals surface area contributed by atoms with Crippen molar-refractivity contribution in [3.8, 4) is 5.75 Å². The fraction of sp³-hybridized carbons (Fsp3) is 0.600. The van der Waals surface area contributed by atoms with E-state index in [0.717, 1.165) is 37.5 Å². The van der Waals surface area contributed by atoms with Crippen LogP contribution in [-0.4, -0.2) is 48.9 Å². The maximum Gasteiger partial charge on any atom is 0.124 e. The Balaban J connectivity index is 0.00000200. The van der Waals surface area contributed by atoms with Gasteiger partial charge >= 0.3 is 0 Å². The molecule has 0 bridgehead atoms. The Morgan fingerprint density at radius 2 is 1.90 bits per heavy atom. The Hall–Kier alpha value is -0.810. The number of piperazine rings is 1. The monoisotopic (exact) mass is 300 g/mol. The lowest BCUT2D eigenvalue weighted by Crippen LogP contribution is -2.46. The summed E-state index contributed by atoms with van der Waals surface area (Å²) in [5, 5.41) is 13.1. The first-order valence-corrected chi connectivity index (χ1v) is 7.03. The molecule has 0 aromatic heterocycles. The van der Waals surface area contributed by atoms with Crippen LogP contribution in [0.25, 0.3) is 0 Å². The third-order valence-electron chi connectivity index (χ3n) is 3.41. The molecule has 1 saturated heterocycles. The maximum atomic E-state index is 9.77. The van der Waals surface area contributed by atoms with Crippen LogP contribution in [0.2, 0.25) is 0 Å². The van der Waals surface area contributed by atoms with E-state index in [-0.39, 0.29) is 31.2 Å². The molecule has 0 amide bonds. The molecule has 1 aromatic carbocycles. The highest BCUT2D eigenvalue weighted by Gasteiger charge is 2.24. The lowest BCUT2D eigenvalue weighted by molar-refractivity contribution is 0.107. The summed E-state index contributed by atoms with van der Waals surface area (Å²) >= 11 is 0. The number of nitrogens with zero attached hydrogens (tertiary/aromatic N) is 1. The molecule has 20 heavy (non-hydrogen) atoms. The Kier molecular flexibility index (Phi) is 7.30. The van der Waals surface area contributed by atoms with Crippen LogP contribution in [0.15, 0.2) is 24.3 Å². The third kappa shape index (κ3) is 4.35. The zero-order chi connectivity index (χ0) is 13.7. The van der Waals surface area contributed by atoms with Crippen molar-refractivity contribution in [2.75, 3.05) is 32.8 Å². The van der Waals surface area contributed by atoms with Crippen LogP contribution in [-0.2, 0) is 0 Å². The van der Waals surface area contributed by atoms with Crippen molar-refractivity contribution in [2.45, 2.75) is 26.0 Å². The second kappa shape index (κ2) is 8.47. The number of aliphatic hydroxyl groups is 1. The van der Waals surface area contributed by atoms with Gasteiger partial charge in [0.1, 0.15) is 5.75 Å². The molecular formula is C15H25ClN2O2. The minimum atomic E-state index is 0. The number of nitrogens with one attached hydrogen (secondary N) is 1. The predicted octanol–water partition coefficient (Wildman–Crippen LogP) is 1.83. The average Bonchev–Trinajstić information content (AvgIpc) is 2.42. The van der Waals surface area contributed by atoms with Crippen LogP contribution in [0.3, 0.4) is 0 Å². The largest absolute Gasteiger partial charge is 0.491 e. The van der Waals surface area contributed by atoms with Gasteiger partial charge in [-0.2, -0.15) is 0 Å². The van der Waals surface area contributed by atoms with E-state index in [2.05, 4.69) is 16.3 Å². The van der Waals surface area contributed by atoms with Gasteiger partial charge in [0.2, 0.25) is 0 Å².